The van der Waals surface area contributed by atoms with Gasteiger partial charge < -0.3 is 14.8 Å². The lowest BCUT2D eigenvalue weighted by molar-refractivity contribution is 0.0950. The maximum Gasteiger partial charge on any atom is 0.253 e. The summed E-state index contributed by atoms with van der Waals surface area (Å²) in [6, 6.07) is 12.7. The molecule has 1 aliphatic heterocycles. The molecule has 1 fully saturated rings. The topological polar surface area (TPSA) is 87.5 Å². The first-order valence-electron chi connectivity index (χ1n) is 10.9. The number of carbonyl (C=O) groups is 1. The summed E-state index contributed by atoms with van der Waals surface area (Å²) in [6.45, 7) is 4.74. The molecule has 1 N–H and O–H groups in total. The SMILES string of the molecule is CCn1c(CNC(=O)c2cc(S(=O)(=O)N(C)C)ccc2N2CCCC2)nc2ccccc21. The number of nitrogens with one attached hydrogen (secondary N) is 1. The molecular weight excluding hydrogens is 426 g/mol. The van der Waals surface area contributed by atoms with Crippen molar-refractivity contribution in [2.24, 2.45) is 0 Å². The first kappa shape index (κ1) is 22.3. The molecule has 0 radical (unpaired) electrons. The van der Waals surface area contributed by atoms with E-state index in [-0.39, 0.29) is 17.3 Å². The van der Waals surface area contributed by atoms with Gasteiger partial charge in [-0.25, -0.2) is 17.7 Å². The second kappa shape index (κ2) is 8.91. The van der Waals surface area contributed by atoms with E-state index in [4.69, 9.17) is 0 Å². The van der Waals surface area contributed by atoms with E-state index >= 15 is 0 Å². The zero-order valence-corrected chi connectivity index (χ0v) is 19.5. The third-order valence-electron chi connectivity index (χ3n) is 5.89. The van der Waals surface area contributed by atoms with Crippen molar-refractivity contribution in [2.45, 2.75) is 37.8 Å². The third kappa shape index (κ3) is 4.10. The molecule has 0 atom stereocenters. The smallest absolute Gasteiger partial charge is 0.253 e. The monoisotopic (exact) mass is 455 g/mol. The Balaban J connectivity index is 1.66. The molecule has 0 bridgehead atoms. The number of hydrogen-bond donors (Lipinski definition) is 1. The van der Waals surface area contributed by atoms with Crippen LogP contribution in [0.3, 0.4) is 0 Å². The van der Waals surface area contributed by atoms with Gasteiger partial charge in [-0.1, -0.05) is 12.1 Å². The highest BCUT2D eigenvalue weighted by Gasteiger charge is 2.25. The molecule has 0 aliphatic carbocycles. The molecule has 0 unspecified atom stereocenters. The van der Waals surface area contributed by atoms with Gasteiger partial charge >= 0.3 is 0 Å². The number of sulfonamides is 1. The van der Waals surface area contributed by atoms with Crippen LogP contribution in [0.15, 0.2) is 47.4 Å². The highest BCUT2D eigenvalue weighted by Crippen LogP contribution is 2.28. The van der Waals surface area contributed by atoms with Crippen molar-refractivity contribution in [1.82, 2.24) is 19.2 Å². The van der Waals surface area contributed by atoms with Gasteiger partial charge in [-0.05, 0) is 50.1 Å². The number of benzene rings is 2. The van der Waals surface area contributed by atoms with Gasteiger partial charge in [0, 0.05) is 39.4 Å². The summed E-state index contributed by atoms with van der Waals surface area (Å²) < 4.78 is 28.6. The van der Waals surface area contributed by atoms with Crippen LogP contribution >= 0.6 is 0 Å². The Morgan fingerprint density at radius 2 is 1.84 bits per heavy atom. The van der Waals surface area contributed by atoms with Gasteiger partial charge in [-0.3, -0.25) is 4.79 Å². The molecule has 1 saturated heterocycles. The highest BCUT2D eigenvalue weighted by atomic mass is 32.2. The second-order valence-electron chi connectivity index (χ2n) is 8.10. The number of fused-ring (bicyclic) bond motifs is 1. The van der Waals surface area contributed by atoms with Crippen molar-refractivity contribution in [3.63, 3.8) is 0 Å². The average Bonchev–Trinajstić information content (AvgIpc) is 3.44. The lowest BCUT2D eigenvalue weighted by Crippen LogP contribution is -2.29. The van der Waals surface area contributed by atoms with Crippen LogP contribution in [-0.2, 0) is 23.1 Å². The van der Waals surface area contributed by atoms with E-state index in [1.165, 1.54) is 20.2 Å². The van der Waals surface area contributed by atoms with Gasteiger partial charge in [0.1, 0.15) is 5.82 Å². The summed E-state index contributed by atoms with van der Waals surface area (Å²) in [4.78, 5) is 20.2. The highest BCUT2D eigenvalue weighted by molar-refractivity contribution is 7.89. The zero-order chi connectivity index (χ0) is 22.9. The Morgan fingerprint density at radius 3 is 2.53 bits per heavy atom. The molecule has 4 rings (SSSR count). The number of para-hydroxylation sites is 2. The van der Waals surface area contributed by atoms with E-state index in [2.05, 4.69) is 19.8 Å². The molecule has 1 aliphatic rings. The predicted molar refractivity (Wildman–Crippen MR) is 125 cm³/mol. The van der Waals surface area contributed by atoms with Crippen molar-refractivity contribution in [3.8, 4) is 0 Å². The Hall–Kier alpha value is -2.91. The summed E-state index contributed by atoms with van der Waals surface area (Å²) in [7, 11) is -0.680. The average molecular weight is 456 g/mol. The Labute approximate surface area is 188 Å². The van der Waals surface area contributed by atoms with Gasteiger partial charge in [-0.15, -0.1) is 0 Å². The minimum absolute atomic E-state index is 0.108. The predicted octanol–water partition coefficient (Wildman–Crippen LogP) is 2.84. The number of anilines is 1. The van der Waals surface area contributed by atoms with E-state index in [1.807, 2.05) is 31.2 Å². The van der Waals surface area contributed by atoms with Crippen LogP contribution in [0.1, 0.15) is 35.9 Å². The molecule has 3 aromatic rings. The van der Waals surface area contributed by atoms with Gasteiger partial charge in [0.25, 0.3) is 5.91 Å². The van der Waals surface area contributed by atoms with Gasteiger partial charge in [0.15, 0.2) is 0 Å². The number of imidazole rings is 1. The Kier molecular flexibility index (Phi) is 6.21. The van der Waals surface area contributed by atoms with Crippen LogP contribution < -0.4 is 10.2 Å². The van der Waals surface area contributed by atoms with Gasteiger partial charge in [0.05, 0.1) is 28.0 Å². The van der Waals surface area contributed by atoms with Crippen molar-refractivity contribution < 1.29 is 13.2 Å². The summed E-state index contributed by atoms with van der Waals surface area (Å²) in [5.74, 6) is 0.458. The molecule has 2 heterocycles. The van der Waals surface area contributed by atoms with Crippen molar-refractivity contribution in [3.05, 3.63) is 53.9 Å². The second-order valence-corrected chi connectivity index (χ2v) is 10.3. The summed E-state index contributed by atoms with van der Waals surface area (Å²) in [5.41, 5.74) is 3.04. The van der Waals surface area contributed by atoms with Crippen molar-refractivity contribution >= 4 is 32.7 Å². The van der Waals surface area contributed by atoms with E-state index in [9.17, 15) is 13.2 Å². The lowest BCUT2D eigenvalue weighted by Gasteiger charge is -2.22. The van der Waals surface area contributed by atoms with E-state index < -0.39 is 10.0 Å². The number of hydrogen-bond acceptors (Lipinski definition) is 5. The molecule has 1 amide bonds. The van der Waals surface area contributed by atoms with Crippen LogP contribution in [0.2, 0.25) is 0 Å². The molecule has 32 heavy (non-hydrogen) atoms. The molecule has 2 aromatic carbocycles. The van der Waals surface area contributed by atoms with Gasteiger partial charge in [0.2, 0.25) is 10.0 Å². The molecule has 0 saturated carbocycles. The minimum atomic E-state index is -3.65. The number of aromatic nitrogens is 2. The van der Waals surface area contributed by atoms with Crippen LogP contribution in [0.4, 0.5) is 5.69 Å². The number of amides is 1. The molecular formula is C23H29N5O3S. The minimum Gasteiger partial charge on any atom is -0.371 e. The molecule has 9 heteroatoms. The number of nitrogens with zero attached hydrogens (tertiary/aromatic N) is 4. The maximum atomic E-state index is 13.3. The van der Waals surface area contributed by atoms with Crippen molar-refractivity contribution in [1.29, 1.82) is 0 Å². The fourth-order valence-corrected chi connectivity index (χ4v) is 5.10. The Morgan fingerprint density at radius 1 is 1.12 bits per heavy atom. The Bertz CT molecular complexity index is 1240. The first-order valence-corrected chi connectivity index (χ1v) is 12.3. The van der Waals surface area contributed by atoms with Crippen LogP contribution in [0.5, 0.6) is 0 Å². The summed E-state index contributed by atoms with van der Waals surface area (Å²) in [6.07, 6.45) is 2.11. The van der Waals surface area contributed by atoms with Crippen LogP contribution in [-0.4, -0.2) is 55.4 Å². The van der Waals surface area contributed by atoms with Crippen LogP contribution in [0, 0.1) is 0 Å². The fraction of sp³-hybridized carbons (Fsp3) is 0.391. The number of rotatable bonds is 7. The quantitative estimate of drug-likeness (QED) is 0.592. The lowest BCUT2D eigenvalue weighted by atomic mass is 10.1. The summed E-state index contributed by atoms with van der Waals surface area (Å²) in [5, 5.41) is 2.97. The normalized spacial score (nSPS) is 14.4. The zero-order valence-electron chi connectivity index (χ0n) is 18.7. The first-order chi connectivity index (χ1) is 15.3. The van der Waals surface area contributed by atoms with Crippen molar-refractivity contribution in [2.75, 3.05) is 32.1 Å². The number of carbonyl (C=O) groups excluding carboxylic acids is 1. The molecule has 170 valence electrons. The molecule has 8 nitrogen and oxygen atoms in total. The largest absolute Gasteiger partial charge is 0.371 e. The molecule has 1 aromatic heterocycles. The van der Waals surface area contributed by atoms with E-state index in [0.717, 1.165) is 59.3 Å². The fourth-order valence-electron chi connectivity index (χ4n) is 4.17. The number of aryl methyl sites for hydroxylation is 1. The summed E-state index contributed by atoms with van der Waals surface area (Å²) >= 11 is 0. The third-order valence-corrected chi connectivity index (χ3v) is 7.71. The van der Waals surface area contributed by atoms with Crippen LogP contribution in [0.25, 0.3) is 11.0 Å². The standard InChI is InChI=1S/C23H29N5O3S/c1-4-28-21-10-6-5-9-19(21)25-22(28)16-24-23(29)18-15-17(32(30,31)26(2)3)11-12-20(18)27-13-7-8-14-27/h5-6,9-12,15H,4,7-8,13-14,16H2,1-3H3,(H,24,29). The maximum absolute atomic E-state index is 13.3. The van der Waals surface area contributed by atoms with E-state index in [0.29, 0.717) is 5.56 Å². The van der Waals surface area contributed by atoms with E-state index in [1.54, 1.807) is 12.1 Å². The molecule has 0 spiro atoms. The van der Waals surface area contributed by atoms with Gasteiger partial charge in [-0.2, -0.15) is 0 Å².